The molecular formula is C8H17NO2. The molecule has 0 radical (unpaired) electrons. The van der Waals surface area contributed by atoms with Crippen LogP contribution in [0.3, 0.4) is 0 Å². The molecule has 0 saturated heterocycles. The lowest BCUT2D eigenvalue weighted by atomic mass is 10.1. The van der Waals surface area contributed by atoms with E-state index < -0.39 is 6.10 Å². The molecule has 11 heavy (non-hydrogen) atoms. The first-order valence-corrected chi connectivity index (χ1v) is 3.81. The monoisotopic (exact) mass is 159 g/mol. The standard InChI is InChI=1S/C8H17NO2/c1-3-4-5-8(10)7(9)6-11-2/h4-5,7-8,10H,3,6,9H2,1-2H3/b5-4+/t7-,8+/m0/s1. The predicted octanol–water partition coefficient (Wildman–Crippen LogP) is 0.287. The number of aliphatic hydroxyl groups is 1. The van der Waals surface area contributed by atoms with Gasteiger partial charge in [0.1, 0.15) is 0 Å². The van der Waals surface area contributed by atoms with E-state index in [4.69, 9.17) is 10.5 Å². The van der Waals surface area contributed by atoms with Gasteiger partial charge in [0.05, 0.1) is 18.8 Å². The fourth-order valence-electron chi connectivity index (χ4n) is 0.709. The van der Waals surface area contributed by atoms with E-state index in [1.165, 1.54) is 0 Å². The molecule has 3 N–H and O–H groups in total. The summed E-state index contributed by atoms with van der Waals surface area (Å²) in [6, 6.07) is -0.317. The Morgan fingerprint density at radius 1 is 1.64 bits per heavy atom. The minimum atomic E-state index is -0.588. The first kappa shape index (κ1) is 10.6. The summed E-state index contributed by atoms with van der Waals surface area (Å²) < 4.78 is 4.79. The van der Waals surface area contributed by atoms with E-state index in [2.05, 4.69) is 0 Å². The molecule has 0 aromatic heterocycles. The Bertz CT molecular complexity index is 115. The van der Waals surface area contributed by atoms with Crippen molar-refractivity contribution in [3.63, 3.8) is 0 Å². The Labute approximate surface area is 67.9 Å². The van der Waals surface area contributed by atoms with Crippen LogP contribution >= 0.6 is 0 Å². The number of hydrogen-bond acceptors (Lipinski definition) is 3. The van der Waals surface area contributed by atoms with Gasteiger partial charge in [-0.2, -0.15) is 0 Å². The zero-order chi connectivity index (χ0) is 8.69. The summed E-state index contributed by atoms with van der Waals surface area (Å²) in [5, 5.41) is 9.29. The van der Waals surface area contributed by atoms with Gasteiger partial charge in [0.25, 0.3) is 0 Å². The van der Waals surface area contributed by atoms with Crippen molar-refractivity contribution in [1.29, 1.82) is 0 Å². The molecule has 2 atom stereocenters. The highest BCUT2D eigenvalue weighted by Gasteiger charge is 2.09. The Kier molecular flexibility index (Phi) is 6.12. The quantitative estimate of drug-likeness (QED) is 0.567. The average molecular weight is 159 g/mol. The third kappa shape index (κ3) is 4.95. The van der Waals surface area contributed by atoms with Crippen molar-refractivity contribution in [2.75, 3.05) is 13.7 Å². The molecule has 0 aromatic carbocycles. The maximum atomic E-state index is 9.29. The summed E-state index contributed by atoms with van der Waals surface area (Å²) in [4.78, 5) is 0. The third-order valence-electron chi connectivity index (χ3n) is 1.37. The van der Waals surface area contributed by atoms with Crippen LogP contribution < -0.4 is 5.73 Å². The Morgan fingerprint density at radius 2 is 2.27 bits per heavy atom. The van der Waals surface area contributed by atoms with Crippen molar-refractivity contribution in [3.8, 4) is 0 Å². The molecule has 0 unspecified atom stereocenters. The molecule has 0 amide bonds. The van der Waals surface area contributed by atoms with Gasteiger partial charge in [0, 0.05) is 7.11 Å². The smallest absolute Gasteiger partial charge is 0.0894 e. The Hall–Kier alpha value is -0.380. The van der Waals surface area contributed by atoms with Gasteiger partial charge < -0.3 is 15.6 Å². The van der Waals surface area contributed by atoms with E-state index in [0.717, 1.165) is 6.42 Å². The van der Waals surface area contributed by atoms with Gasteiger partial charge in [-0.05, 0) is 6.42 Å². The number of aliphatic hydroxyl groups excluding tert-OH is 1. The normalized spacial score (nSPS) is 17.1. The van der Waals surface area contributed by atoms with E-state index in [0.29, 0.717) is 6.61 Å². The zero-order valence-corrected chi connectivity index (χ0v) is 7.16. The number of nitrogens with two attached hydrogens (primary N) is 1. The topological polar surface area (TPSA) is 55.5 Å². The van der Waals surface area contributed by atoms with E-state index in [-0.39, 0.29) is 6.04 Å². The SMILES string of the molecule is CC/C=C/[C@@H](O)[C@@H](N)COC. The number of methoxy groups -OCH3 is 1. The lowest BCUT2D eigenvalue weighted by Gasteiger charge is -2.13. The summed E-state index contributed by atoms with van der Waals surface area (Å²) in [7, 11) is 1.57. The molecule has 0 spiro atoms. The second-order valence-electron chi connectivity index (χ2n) is 2.45. The first-order valence-electron chi connectivity index (χ1n) is 3.81. The second kappa shape index (κ2) is 6.34. The largest absolute Gasteiger partial charge is 0.387 e. The van der Waals surface area contributed by atoms with Gasteiger partial charge in [0.2, 0.25) is 0 Å². The summed E-state index contributed by atoms with van der Waals surface area (Å²) >= 11 is 0. The molecule has 0 heterocycles. The van der Waals surface area contributed by atoms with Gasteiger partial charge in [0.15, 0.2) is 0 Å². The maximum absolute atomic E-state index is 9.29. The van der Waals surface area contributed by atoms with Crippen LogP contribution in [0.2, 0.25) is 0 Å². The summed E-state index contributed by atoms with van der Waals surface area (Å²) in [5.74, 6) is 0. The fourth-order valence-corrected chi connectivity index (χ4v) is 0.709. The first-order chi connectivity index (χ1) is 5.22. The number of ether oxygens (including phenoxy) is 1. The number of rotatable bonds is 5. The van der Waals surface area contributed by atoms with Gasteiger partial charge in [-0.3, -0.25) is 0 Å². The Balaban J connectivity index is 3.62. The second-order valence-corrected chi connectivity index (χ2v) is 2.45. The number of allylic oxidation sites excluding steroid dienone is 1. The molecule has 3 heteroatoms. The molecule has 0 aliphatic heterocycles. The molecule has 0 aliphatic carbocycles. The van der Waals surface area contributed by atoms with Crippen LogP contribution in [0.1, 0.15) is 13.3 Å². The van der Waals surface area contributed by atoms with Crippen molar-refractivity contribution in [1.82, 2.24) is 0 Å². The molecule has 0 bridgehead atoms. The van der Waals surface area contributed by atoms with Crippen LogP contribution in [-0.4, -0.2) is 31.0 Å². The third-order valence-corrected chi connectivity index (χ3v) is 1.37. The van der Waals surface area contributed by atoms with Crippen molar-refractivity contribution in [3.05, 3.63) is 12.2 Å². The fraction of sp³-hybridized carbons (Fsp3) is 0.750. The van der Waals surface area contributed by atoms with Gasteiger partial charge in [-0.25, -0.2) is 0 Å². The van der Waals surface area contributed by atoms with Crippen LogP contribution in [0, 0.1) is 0 Å². The summed E-state index contributed by atoms with van der Waals surface area (Å²) in [6.45, 7) is 2.39. The molecule has 3 nitrogen and oxygen atoms in total. The van der Waals surface area contributed by atoms with Crippen LogP contribution in [0.15, 0.2) is 12.2 Å². The van der Waals surface area contributed by atoms with E-state index in [1.54, 1.807) is 13.2 Å². The molecule has 0 fully saturated rings. The van der Waals surface area contributed by atoms with E-state index in [1.807, 2.05) is 13.0 Å². The highest BCUT2D eigenvalue weighted by molar-refractivity contribution is 4.93. The maximum Gasteiger partial charge on any atom is 0.0894 e. The minimum Gasteiger partial charge on any atom is -0.387 e. The lowest BCUT2D eigenvalue weighted by Crippen LogP contribution is -2.37. The van der Waals surface area contributed by atoms with Gasteiger partial charge in [-0.15, -0.1) is 0 Å². The molecule has 0 aromatic rings. The van der Waals surface area contributed by atoms with E-state index >= 15 is 0 Å². The van der Waals surface area contributed by atoms with Crippen molar-refractivity contribution >= 4 is 0 Å². The Morgan fingerprint density at radius 3 is 2.73 bits per heavy atom. The minimum absolute atomic E-state index is 0.317. The molecule has 66 valence electrons. The van der Waals surface area contributed by atoms with Crippen LogP contribution in [0.4, 0.5) is 0 Å². The molecule has 0 aliphatic rings. The van der Waals surface area contributed by atoms with Crippen molar-refractivity contribution < 1.29 is 9.84 Å². The van der Waals surface area contributed by atoms with E-state index in [9.17, 15) is 5.11 Å². The predicted molar refractivity (Wildman–Crippen MR) is 45.3 cm³/mol. The average Bonchev–Trinajstić information content (AvgIpc) is 2.00. The van der Waals surface area contributed by atoms with Crippen LogP contribution in [0.5, 0.6) is 0 Å². The summed E-state index contributed by atoms with van der Waals surface area (Å²) in [5.41, 5.74) is 5.54. The van der Waals surface area contributed by atoms with Gasteiger partial charge >= 0.3 is 0 Å². The number of hydrogen-bond donors (Lipinski definition) is 2. The summed E-state index contributed by atoms with van der Waals surface area (Å²) in [6.07, 6.45) is 3.91. The van der Waals surface area contributed by atoms with Crippen LogP contribution in [0.25, 0.3) is 0 Å². The highest BCUT2D eigenvalue weighted by atomic mass is 16.5. The molecule has 0 saturated carbocycles. The lowest BCUT2D eigenvalue weighted by molar-refractivity contribution is 0.113. The van der Waals surface area contributed by atoms with Crippen molar-refractivity contribution in [2.45, 2.75) is 25.5 Å². The molecule has 0 rings (SSSR count). The van der Waals surface area contributed by atoms with Gasteiger partial charge in [-0.1, -0.05) is 19.1 Å². The zero-order valence-electron chi connectivity index (χ0n) is 7.16. The highest BCUT2D eigenvalue weighted by Crippen LogP contribution is 1.94. The van der Waals surface area contributed by atoms with Crippen LogP contribution in [-0.2, 0) is 4.74 Å². The van der Waals surface area contributed by atoms with Crippen molar-refractivity contribution in [2.24, 2.45) is 5.73 Å². The molecular weight excluding hydrogens is 142 g/mol.